The fraction of sp³-hybridized carbons (Fsp3) is 0.222. The Labute approximate surface area is 326 Å². The van der Waals surface area contributed by atoms with Crippen molar-refractivity contribution >= 4 is 58.8 Å². The maximum atomic E-state index is 13.5. The first kappa shape index (κ1) is 40.3. The van der Waals surface area contributed by atoms with Gasteiger partial charge < -0.3 is 30.2 Å². The summed E-state index contributed by atoms with van der Waals surface area (Å²) in [6.07, 6.45) is 10.2. The number of pyridine rings is 2. The van der Waals surface area contributed by atoms with Crippen LogP contribution in [-0.4, -0.2) is 47.8 Å². The predicted molar refractivity (Wildman–Crippen MR) is 206 cm³/mol. The molecule has 2 aromatic carbocycles. The summed E-state index contributed by atoms with van der Waals surface area (Å²) in [5, 5.41) is 8.82. The molecule has 0 spiro atoms. The molecular formula is C36H36BCl3F2N8O4. The van der Waals surface area contributed by atoms with Crippen molar-refractivity contribution in [3.05, 3.63) is 113 Å². The van der Waals surface area contributed by atoms with Crippen molar-refractivity contribution in [3.63, 3.8) is 0 Å². The van der Waals surface area contributed by atoms with Crippen LogP contribution in [0.15, 0.2) is 85.7 Å². The molecule has 1 aliphatic rings. The number of benzene rings is 2. The Hall–Kier alpha value is -4.93. The van der Waals surface area contributed by atoms with E-state index in [1.54, 1.807) is 53.3 Å². The molecule has 12 nitrogen and oxygen atoms in total. The number of aromatic nitrogens is 6. The summed E-state index contributed by atoms with van der Waals surface area (Å²) in [6.45, 7) is 8.18. The fourth-order valence-electron chi connectivity index (χ4n) is 4.67. The highest BCUT2D eigenvalue weighted by molar-refractivity contribution is 6.62. The highest BCUT2D eigenvalue weighted by atomic mass is 35.5. The van der Waals surface area contributed by atoms with Gasteiger partial charge in [0, 0.05) is 80.4 Å². The zero-order valence-corrected chi connectivity index (χ0v) is 32.3. The van der Waals surface area contributed by atoms with Gasteiger partial charge in [0.05, 0.1) is 34.5 Å². The van der Waals surface area contributed by atoms with Gasteiger partial charge in [-0.3, -0.25) is 14.3 Å². The van der Waals surface area contributed by atoms with Gasteiger partial charge >= 0.3 is 7.12 Å². The maximum Gasteiger partial charge on any atom is 0.498 e. The average Bonchev–Trinajstić information content (AvgIpc) is 3.80. The van der Waals surface area contributed by atoms with Crippen molar-refractivity contribution in [1.82, 2.24) is 29.5 Å². The average molecular weight is 800 g/mol. The van der Waals surface area contributed by atoms with Crippen molar-refractivity contribution in [3.8, 4) is 34.3 Å². The van der Waals surface area contributed by atoms with Crippen LogP contribution in [0.3, 0.4) is 0 Å². The van der Waals surface area contributed by atoms with Gasteiger partial charge in [0.1, 0.15) is 38.9 Å². The zero-order chi connectivity index (χ0) is 39.4. The van der Waals surface area contributed by atoms with E-state index in [1.165, 1.54) is 42.6 Å². The number of nitrogens with zero attached hydrogens (tertiary/aromatic N) is 6. The first-order valence-corrected chi connectivity index (χ1v) is 17.3. The molecule has 18 heteroatoms. The minimum atomic E-state index is -0.557. The van der Waals surface area contributed by atoms with E-state index >= 15 is 0 Å². The lowest BCUT2D eigenvalue weighted by Crippen LogP contribution is -2.41. The smallest absolute Gasteiger partial charge is 0.456 e. The Morgan fingerprint density at radius 2 is 1.20 bits per heavy atom. The number of ether oxygens (including phenoxy) is 2. The second-order valence-corrected chi connectivity index (χ2v) is 14.0. The van der Waals surface area contributed by atoms with Crippen molar-refractivity contribution in [2.45, 2.75) is 38.9 Å². The van der Waals surface area contributed by atoms with Gasteiger partial charge in [-0.25, -0.2) is 13.8 Å². The van der Waals surface area contributed by atoms with E-state index in [0.29, 0.717) is 28.0 Å². The van der Waals surface area contributed by atoms with Crippen LogP contribution in [0.1, 0.15) is 27.7 Å². The van der Waals surface area contributed by atoms with Crippen LogP contribution in [0, 0.1) is 11.6 Å². The van der Waals surface area contributed by atoms with Gasteiger partial charge in [-0.05, 0) is 52.0 Å². The molecule has 0 bridgehead atoms. The number of rotatable bonds is 6. The lowest BCUT2D eigenvalue weighted by atomic mass is 9.82. The minimum Gasteiger partial charge on any atom is -0.456 e. The van der Waals surface area contributed by atoms with Gasteiger partial charge in [0.25, 0.3) is 0 Å². The van der Waals surface area contributed by atoms with E-state index in [1.807, 2.05) is 40.9 Å². The van der Waals surface area contributed by atoms with Crippen LogP contribution in [0.4, 0.5) is 20.2 Å². The van der Waals surface area contributed by atoms with Crippen LogP contribution in [-0.2, 0) is 23.4 Å². The van der Waals surface area contributed by atoms with Gasteiger partial charge in [0.15, 0.2) is 10.9 Å². The van der Waals surface area contributed by atoms with Crippen LogP contribution in [0.5, 0.6) is 23.0 Å². The van der Waals surface area contributed by atoms with E-state index < -0.39 is 11.6 Å². The molecule has 4 N–H and O–H groups in total. The monoisotopic (exact) mass is 798 g/mol. The molecule has 4 aromatic heterocycles. The Balaban J connectivity index is 0.000000159. The molecule has 1 aliphatic heterocycles. The fourth-order valence-corrected chi connectivity index (χ4v) is 5.23. The third-order valence-corrected chi connectivity index (χ3v) is 9.41. The highest BCUT2D eigenvalue weighted by Crippen LogP contribution is 2.38. The van der Waals surface area contributed by atoms with E-state index in [0.717, 1.165) is 11.0 Å². The number of halogens is 5. The summed E-state index contributed by atoms with van der Waals surface area (Å²) in [5.74, 6) is 0.155. The van der Waals surface area contributed by atoms with Crippen molar-refractivity contribution < 1.29 is 27.6 Å². The van der Waals surface area contributed by atoms with Crippen LogP contribution in [0.25, 0.3) is 11.3 Å². The summed E-state index contributed by atoms with van der Waals surface area (Å²) in [6, 6.07) is 11.4. The second-order valence-electron chi connectivity index (χ2n) is 12.9. The SMILES string of the molecule is Cn1cc(-c2nccc(Oc3ccc(N)c(F)c3)c2Cl)cn1.Cn1cc(B2OC(C)(C)C(C)(C)O2)cn1.Nc1ccc(Oc2ccnc(Cl)c2Cl)cc1F. The van der Waals surface area contributed by atoms with Crippen molar-refractivity contribution in [2.75, 3.05) is 11.5 Å². The molecule has 282 valence electrons. The summed E-state index contributed by atoms with van der Waals surface area (Å²) in [5.41, 5.74) is 12.6. The zero-order valence-electron chi connectivity index (χ0n) is 30.0. The molecule has 0 saturated carbocycles. The van der Waals surface area contributed by atoms with E-state index in [2.05, 4.69) is 20.2 Å². The molecule has 1 fully saturated rings. The van der Waals surface area contributed by atoms with Crippen LogP contribution >= 0.6 is 34.8 Å². The summed E-state index contributed by atoms with van der Waals surface area (Å²) >= 11 is 17.9. The molecule has 0 radical (unpaired) electrons. The quantitative estimate of drug-likeness (QED) is 0.0958. The molecule has 6 aromatic rings. The number of nitrogens with two attached hydrogens (primary N) is 2. The van der Waals surface area contributed by atoms with E-state index in [-0.39, 0.29) is 45.6 Å². The Morgan fingerprint density at radius 3 is 1.69 bits per heavy atom. The molecular weight excluding hydrogens is 764 g/mol. The van der Waals surface area contributed by atoms with Crippen molar-refractivity contribution in [1.29, 1.82) is 0 Å². The molecule has 5 heterocycles. The van der Waals surface area contributed by atoms with Gasteiger partial charge in [-0.2, -0.15) is 10.2 Å². The van der Waals surface area contributed by atoms with E-state index in [9.17, 15) is 8.78 Å². The largest absolute Gasteiger partial charge is 0.498 e. The van der Waals surface area contributed by atoms with Crippen LogP contribution in [0.2, 0.25) is 15.2 Å². The molecule has 1 saturated heterocycles. The lowest BCUT2D eigenvalue weighted by molar-refractivity contribution is 0.00578. The third-order valence-electron chi connectivity index (χ3n) is 8.29. The molecule has 0 atom stereocenters. The van der Waals surface area contributed by atoms with E-state index in [4.69, 9.17) is 65.1 Å². The van der Waals surface area contributed by atoms with Gasteiger partial charge in [0.2, 0.25) is 0 Å². The highest BCUT2D eigenvalue weighted by Gasteiger charge is 2.52. The van der Waals surface area contributed by atoms with Crippen molar-refractivity contribution in [2.24, 2.45) is 14.1 Å². The number of hydrogen-bond donors (Lipinski definition) is 2. The molecule has 0 amide bonds. The molecule has 7 rings (SSSR count). The first-order chi connectivity index (χ1) is 25.4. The number of hydrogen-bond acceptors (Lipinski definition) is 10. The van der Waals surface area contributed by atoms with Gasteiger partial charge in [-0.15, -0.1) is 0 Å². The Bertz CT molecular complexity index is 2240. The Morgan fingerprint density at radius 1 is 0.704 bits per heavy atom. The normalized spacial score (nSPS) is 14.1. The second kappa shape index (κ2) is 16.6. The number of anilines is 2. The molecule has 0 unspecified atom stereocenters. The topological polar surface area (TPSA) is 150 Å². The number of aryl methyl sites for hydroxylation is 2. The summed E-state index contributed by atoms with van der Waals surface area (Å²) in [7, 11) is 3.38. The standard InChI is InChI=1S/C15H12ClFN4O.C11H7Cl2FN2O.C10H17BN2O2/c1-21-8-9(7-20-21)15-14(16)13(4-5-19-15)22-10-2-3-12(18)11(17)6-10;12-10-9(3-4-16-11(10)13)17-6-1-2-8(15)7(14)5-6;1-9(2)10(3,4)15-11(14-9)8-6-12-13(5)7-8/h2-8H,18H2,1H3;1-5H,15H2;6-7H,1-5H3. The first-order valence-electron chi connectivity index (χ1n) is 16.2. The number of nitrogen functional groups attached to an aromatic ring is 2. The predicted octanol–water partition coefficient (Wildman–Crippen LogP) is 8.27. The molecule has 0 aliphatic carbocycles. The molecule has 54 heavy (non-hydrogen) atoms. The summed E-state index contributed by atoms with van der Waals surface area (Å²) < 4.78 is 52.8. The minimum absolute atomic E-state index is 0.0520. The third kappa shape index (κ3) is 9.59. The van der Waals surface area contributed by atoms with Gasteiger partial charge in [-0.1, -0.05) is 34.8 Å². The lowest BCUT2D eigenvalue weighted by Gasteiger charge is -2.32. The van der Waals surface area contributed by atoms with Crippen LogP contribution < -0.4 is 26.4 Å². The maximum absolute atomic E-state index is 13.5. The summed E-state index contributed by atoms with van der Waals surface area (Å²) in [4.78, 5) is 8.01. The Kier molecular flexibility index (Phi) is 12.4.